The lowest BCUT2D eigenvalue weighted by atomic mass is 10.1. The average molecular weight is 325 g/mol. The summed E-state index contributed by atoms with van der Waals surface area (Å²) in [6, 6.07) is 13.0. The first-order valence-electron chi connectivity index (χ1n) is 7.85. The lowest BCUT2D eigenvalue weighted by molar-refractivity contribution is -0.384. The van der Waals surface area contributed by atoms with Gasteiger partial charge in [0, 0.05) is 25.4 Å². The van der Waals surface area contributed by atoms with Crippen molar-refractivity contribution in [3.05, 3.63) is 63.7 Å². The third kappa shape index (κ3) is 3.78. The van der Waals surface area contributed by atoms with Crippen LogP contribution in [0.4, 0.5) is 17.1 Å². The Labute approximate surface area is 140 Å². The second-order valence-electron chi connectivity index (χ2n) is 5.70. The van der Waals surface area contributed by atoms with Crippen molar-refractivity contribution in [3.8, 4) is 0 Å². The van der Waals surface area contributed by atoms with E-state index in [4.69, 9.17) is 4.74 Å². The van der Waals surface area contributed by atoms with E-state index in [9.17, 15) is 10.1 Å². The highest BCUT2D eigenvalue weighted by Gasteiger charge is 2.21. The van der Waals surface area contributed by atoms with Crippen molar-refractivity contribution >= 4 is 23.3 Å². The minimum Gasteiger partial charge on any atom is -0.378 e. The lowest BCUT2D eigenvalue weighted by Crippen LogP contribution is -2.36. The number of nitro benzene ring substituents is 1. The molecule has 0 aliphatic carbocycles. The maximum absolute atomic E-state index is 11.4. The van der Waals surface area contributed by atoms with Gasteiger partial charge < -0.3 is 9.64 Å². The van der Waals surface area contributed by atoms with E-state index in [0.29, 0.717) is 37.6 Å². The van der Waals surface area contributed by atoms with Gasteiger partial charge in [-0.25, -0.2) is 0 Å². The highest BCUT2D eigenvalue weighted by Crippen LogP contribution is 2.29. The van der Waals surface area contributed by atoms with Gasteiger partial charge in [0.25, 0.3) is 5.69 Å². The molecule has 3 rings (SSSR count). The molecule has 1 saturated heterocycles. The standard InChI is InChI=1S/C18H19N3O3/c1-14-2-5-16(6-3-14)19-13-15-4-7-17(18(12-15)21(22)23)20-8-10-24-11-9-20/h2-7,12-13H,8-11H2,1H3. The molecule has 2 aromatic carbocycles. The molecule has 0 spiro atoms. The summed E-state index contributed by atoms with van der Waals surface area (Å²) in [6.45, 7) is 4.53. The van der Waals surface area contributed by atoms with E-state index in [0.717, 1.165) is 5.69 Å². The predicted molar refractivity (Wildman–Crippen MR) is 94.6 cm³/mol. The second-order valence-corrected chi connectivity index (χ2v) is 5.70. The van der Waals surface area contributed by atoms with Gasteiger partial charge in [-0.2, -0.15) is 0 Å². The highest BCUT2D eigenvalue weighted by molar-refractivity contribution is 5.85. The molecule has 1 fully saturated rings. The van der Waals surface area contributed by atoms with Crippen molar-refractivity contribution < 1.29 is 9.66 Å². The Morgan fingerprint density at radius 2 is 1.88 bits per heavy atom. The minimum absolute atomic E-state index is 0.102. The fourth-order valence-corrected chi connectivity index (χ4v) is 2.62. The van der Waals surface area contributed by atoms with Gasteiger partial charge >= 0.3 is 0 Å². The van der Waals surface area contributed by atoms with Crippen LogP contribution in [0.2, 0.25) is 0 Å². The molecular formula is C18H19N3O3. The molecule has 0 saturated carbocycles. The Bertz CT molecular complexity index is 751. The first-order valence-corrected chi connectivity index (χ1v) is 7.85. The van der Waals surface area contributed by atoms with Crippen LogP contribution in [0.15, 0.2) is 47.5 Å². The summed E-state index contributed by atoms with van der Waals surface area (Å²) in [5.74, 6) is 0. The number of nitrogens with zero attached hydrogens (tertiary/aromatic N) is 3. The SMILES string of the molecule is Cc1ccc(N=Cc2ccc(N3CCOCC3)c([N+](=O)[O-])c2)cc1. The van der Waals surface area contributed by atoms with Gasteiger partial charge in [0.2, 0.25) is 0 Å². The largest absolute Gasteiger partial charge is 0.378 e. The van der Waals surface area contributed by atoms with E-state index >= 15 is 0 Å². The van der Waals surface area contributed by atoms with Gasteiger partial charge in [-0.3, -0.25) is 15.1 Å². The number of anilines is 1. The molecule has 1 heterocycles. The van der Waals surface area contributed by atoms with Gasteiger partial charge in [-0.15, -0.1) is 0 Å². The molecule has 6 heteroatoms. The number of benzene rings is 2. The third-order valence-corrected chi connectivity index (χ3v) is 3.94. The van der Waals surface area contributed by atoms with E-state index in [1.54, 1.807) is 18.3 Å². The lowest BCUT2D eigenvalue weighted by Gasteiger charge is -2.28. The van der Waals surface area contributed by atoms with Crippen LogP contribution in [0.1, 0.15) is 11.1 Å². The molecule has 124 valence electrons. The quantitative estimate of drug-likeness (QED) is 0.490. The molecule has 0 bridgehead atoms. The van der Waals surface area contributed by atoms with Crippen LogP contribution >= 0.6 is 0 Å². The highest BCUT2D eigenvalue weighted by atomic mass is 16.6. The monoisotopic (exact) mass is 325 g/mol. The van der Waals surface area contributed by atoms with Crippen molar-refractivity contribution in [1.82, 2.24) is 0 Å². The van der Waals surface area contributed by atoms with Crippen LogP contribution in [0.3, 0.4) is 0 Å². The van der Waals surface area contributed by atoms with E-state index in [-0.39, 0.29) is 10.6 Å². The van der Waals surface area contributed by atoms with Crippen LogP contribution < -0.4 is 4.90 Å². The zero-order valence-corrected chi connectivity index (χ0v) is 13.5. The number of aliphatic imine (C=N–C) groups is 1. The van der Waals surface area contributed by atoms with Crippen molar-refractivity contribution in [2.75, 3.05) is 31.2 Å². The fraction of sp³-hybridized carbons (Fsp3) is 0.278. The van der Waals surface area contributed by atoms with Crippen molar-refractivity contribution in [2.45, 2.75) is 6.92 Å². The molecular weight excluding hydrogens is 306 g/mol. The van der Waals surface area contributed by atoms with Crippen LogP contribution in [-0.2, 0) is 4.74 Å². The number of hydrogen-bond donors (Lipinski definition) is 0. The van der Waals surface area contributed by atoms with Crippen molar-refractivity contribution in [1.29, 1.82) is 0 Å². The molecule has 1 aliphatic rings. The smallest absolute Gasteiger partial charge is 0.293 e. The Balaban J connectivity index is 1.85. The van der Waals surface area contributed by atoms with Gasteiger partial charge in [0.1, 0.15) is 5.69 Å². The average Bonchev–Trinajstić information content (AvgIpc) is 2.62. The summed E-state index contributed by atoms with van der Waals surface area (Å²) in [6.07, 6.45) is 1.65. The van der Waals surface area contributed by atoms with E-state index in [1.807, 2.05) is 42.2 Å². The Kier molecular flexibility index (Phi) is 4.86. The van der Waals surface area contributed by atoms with Crippen LogP contribution in [0.25, 0.3) is 0 Å². The molecule has 24 heavy (non-hydrogen) atoms. The summed E-state index contributed by atoms with van der Waals surface area (Å²) >= 11 is 0. The van der Waals surface area contributed by atoms with Crippen LogP contribution in [0.5, 0.6) is 0 Å². The first kappa shape index (κ1) is 16.1. The summed E-state index contributed by atoms with van der Waals surface area (Å²) in [5.41, 5.74) is 3.43. The number of aryl methyl sites for hydroxylation is 1. The van der Waals surface area contributed by atoms with Gasteiger partial charge in [-0.1, -0.05) is 23.8 Å². The maximum Gasteiger partial charge on any atom is 0.293 e. The number of rotatable bonds is 4. The molecule has 0 unspecified atom stereocenters. The zero-order valence-electron chi connectivity index (χ0n) is 13.5. The number of nitro groups is 1. The van der Waals surface area contributed by atoms with Gasteiger partial charge in [0.15, 0.2) is 0 Å². The van der Waals surface area contributed by atoms with Crippen LogP contribution in [-0.4, -0.2) is 37.4 Å². The molecule has 0 atom stereocenters. The van der Waals surface area contributed by atoms with E-state index < -0.39 is 0 Å². The Morgan fingerprint density at radius 1 is 1.17 bits per heavy atom. The molecule has 6 nitrogen and oxygen atoms in total. The van der Waals surface area contributed by atoms with Crippen LogP contribution in [0, 0.1) is 17.0 Å². The number of morpholine rings is 1. The van der Waals surface area contributed by atoms with E-state index in [2.05, 4.69) is 4.99 Å². The van der Waals surface area contributed by atoms with Gasteiger partial charge in [0.05, 0.1) is 23.8 Å². The van der Waals surface area contributed by atoms with E-state index in [1.165, 1.54) is 5.56 Å². The van der Waals surface area contributed by atoms with Crippen molar-refractivity contribution in [3.63, 3.8) is 0 Å². The number of ether oxygens (including phenoxy) is 1. The molecule has 0 aromatic heterocycles. The third-order valence-electron chi connectivity index (χ3n) is 3.94. The zero-order chi connectivity index (χ0) is 16.9. The molecule has 0 N–H and O–H groups in total. The first-order chi connectivity index (χ1) is 11.6. The van der Waals surface area contributed by atoms with Crippen molar-refractivity contribution in [2.24, 2.45) is 4.99 Å². The summed E-state index contributed by atoms with van der Waals surface area (Å²) in [7, 11) is 0. The Hall–Kier alpha value is -2.73. The fourth-order valence-electron chi connectivity index (χ4n) is 2.62. The minimum atomic E-state index is -0.339. The number of hydrogen-bond acceptors (Lipinski definition) is 5. The Morgan fingerprint density at radius 3 is 2.54 bits per heavy atom. The molecule has 1 aliphatic heterocycles. The summed E-state index contributed by atoms with van der Waals surface area (Å²) in [4.78, 5) is 17.5. The summed E-state index contributed by atoms with van der Waals surface area (Å²) < 4.78 is 5.31. The maximum atomic E-state index is 11.4. The normalized spacial score (nSPS) is 15.0. The van der Waals surface area contributed by atoms with Gasteiger partial charge in [-0.05, 0) is 30.7 Å². The topological polar surface area (TPSA) is 68.0 Å². The molecule has 0 radical (unpaired) electrons. The second kappa shape index (κ2) is 7.23. The molecule has 2 aromatic rings. The summed E-state index contributed by atoms with van der Waals surface area (Å²) in [5, 5.41) is 11.4. The predicted octanol–water partition coefficient (Wildman–Crippen LogP) is 3.49. The molecule has 0 amide bonds.